The van der Waals surface area contributed by atoms with Gasteiger partial charge in [-0.1, -0.05) is 40.5 Å². The first-order valence-corrected chi connectivity index (χ1v) is 13.0. The quantitative estimate of drug-likeness (QED) is 0.512. The number of ether oxygens (including phenoxy) is 2. The van der Waals surface area contributed by atoms with Crippen LogP contribution in [0.25, 0.3) is 0 Å². The first kappa shape index (κ1) is 23.5. The molecule has 0 bridgehead atoms. The monoisotopic (exact) mass is 386 g/mol. The SMILES string of the molecule is CCCCC1(O)C(OC(C)C)=C(OC(C)C)C1(C)O[Si](C)(C)C(C)(C)C. The summed E-state index contributed by atoms with van der Waals surface area (Å²) in [5, 5.41) is 11.8. The van der Waals surface area contributed by atoms with Crippen LogP contribution in [0.5, 0.6) is 0 Å². The molecule has 0 aliphatic heterocycles. The molecule has 0 aromatic rings. The molecule has 0 radical (unpaired) electrons. The smallest absolute Gasteiger partial charge is 0.193 e. The highest BCUT2D eigenvalue weighted by molar-refractivity contribution is 6.74. The van der Waals surface area contributed by atoms with Gasteiger partial charge in [0.15, 0.2) is 31.0 Å². The number of aliphatic hydroxyl groups is 1. The van der Waals surface area contributed by atoms with Gasteiger partial charge in [0, 0.05) is 0 Å². The van der Waals surface area contributed by atoms with E-state index in [1.165, 1.54) is 0 Å². The van der Waals surface area contributed by atoms with E-state index in [1.54, 1.807) is 0 Å². The van der Waals surface area contributed by atoms with Gasteiger partial charge >= 0.3 is 0 Å². The lowest BCUT2D eigenvalue weighted by Gasteiger charge is -2.58. The average molecular weight is 387 g/mol. The van der Waals surface area contributed by atoms with Crippen LogP contribution in [-0.2, 0) is 13.9 Å². The molecule has 4 nitrogen and oxygen atoms in total. The van der Waals surface area contributed by atoms with Gasteiger partial charge in [0.1, 0.15) is 0 Å². The maximum atomic E-state index is 11.7. The summed E-state index contributed by atoms with van der Waals surface area (Å²) in [6.45, 7) is 23.1. The molecule has 0 saturated heterocycles. The van der Waals surface area contributed by atoms with E-state index in [-0.39, 0.29) is 17.2 Å². The van der Waals surface area contributed by atoms with Gasteiger partial charge in [0.25, 0.3) is 0 Å². The predicted molar refractivity (Wildman–Crippen MR) is 111 cm³/mol. The summed E-state index contributed by atoms with van der Waals surface area (Å²) in [6, 6.07) is 0. The van der Waals surface area contributed by atoms with Crippen LogP contribution in [0.2, 0.25) is 18.1 Å². The van der Waals surface area contributed by atoms with Crippen molar-refractivity contribution in [1.82, 2.24) is 0 Å². The second-order valence-electron chi connectivity index (χ2n) is 9.85. The van der Waals surface area contributed by atoms with Gasteiger partial charge in [0.05, 0.1) is 12.2 Å². The molecule has 1 aliphatic carbocycles. The van der Waals surface area contributed by atoms with Gasteiger partial charge < -0.3 is 19.0 Å². The Balaban J connectivity index is 3.43. The van der Waals surface area contributed by atoms with Crippen molar-refractivity contribution in [3.8, 4) is 0 Å². The third kappa shape index (κ3) is 4.31. The molecule has 0 amide bonds. The van der Waals surface area contributed by atoms with E-state index in [4.69, 9.17) is 13.9 Å². The van der Waals surface area contributed by atoms with E-state index in [2.05, 4.69) is 40.8 Å². The van der Waals surface area contributed by atoms with Gasteiger partial charge in [0.2, 0.25) is 0 Å². The van der Waals surface area contributed by atoms with Crippen LogP contribution in [-0.4, -0.2) is 36.8 Å². The highest BCUT2D eigenvalue weighted by Gasteiger charge is 2.68. The zero-order valence-electron chi connectivity index (χ0n) is 18.9. The molecule has 0 saturated carbocycles. The Bertz CT molecular complexity index is 519. The van der Waals surface area contributed by atoms with Crippen LogP contribution in [0.1, 0.15) is 81.6 Å². The van der Waals surface area contributed by atoms with Crippen LogP contribution in [0, 0.1) is 0 Å². The van der Waals surface area contributed by atoms with Crippen molar-refractivity contribution in [2.45, 2.75) is 123 Å². The Hall–Kier alpha value is -0.523. The Labute approximate surface area is 162 Å². The van der Waals surface area contributed by atoms with Gasteiger partial charge in [-0.25, -0.2) is 0 Å². The highest BCUT2D eigenvalue weighted by Crippen LogP contribution is 2.57. The molecule has 0 spiro atoms. The van der Waals surface area contributed by atoms with Crippen molar-refractivity contribution < 1.29 is 19.0 Å². The molecule has 2 atom stereocenters. The van der Waals surface area contributed by atoms with Gasteiger partial charge in [-0.2, -0.15) is 0 Å². The third-order valence-electron chi connectivity index (χ3n) is 5.67. The molecular formula is C21H42O4Si. The Morgan fingerprint density at radius 2 is 1.46 bits per heavy atom. The number of unbranched alkanes of at least 4 members (excludes halogenated alkanes) is 1. The van der Waals surface area contributed by atoms with Crippen LogP contribution in [0.4, 0.5) is 0 Å². The van der Waals surface area contributed by atoms with Crippen molar-refractivity contribution in [3.05, 3.63) is 11.5 Å². The van der Waals surface area contributed by atoms with Crippen LogP contribution in [0.3, 0.4) is 0 Å². The molecule has 26 heavy (non-hydrogen) atoms. The van der Waals surface area contributed by atoms with Gasteiger partial charge in [-0.15, -0.1) is 0 Å². The maximum absolute atomic E-state index is 11.7. The fraction of sp³-hybridized carbons (Fsp3) is 0.905. The van der Waals surface area contributed by atoms with E-state index in [0.717, 1.165) is 12.8 Å². The van der Waals surface area contributed by atoms with E-state index >= 15 is 0 Å². The van der Waals surface area contributed by atoms with Crippen molar-refractivity contribution in [3.63, 3.8) is 0 Å². The number of hydrogen-bond acceptors (Lipinski definition) is 4. The van der Waals surface area contributed by atoms with E-state index < -0.39 is 19.5 Å². The molecule has 0 aromatic carbocycles. The summed E-state index contributed by atoms with van der Waals surface area (Å²) >= 11 is 0. The zero-order chi connectivity index (χ0) is 20.6. The average Bonchev–Trinajstić information content (AvgIpc) is 2.46. The molecule has 0 aromatic heterocycles. The molecular weight excluding hydrogens is 344 g/mol. The summed E-state index contributed by atoms with van der Waals surface area (Å²) < 4.78 is 19.0. The summed E-state index contributed by atoms with van der Waals surface area (Å²) in [4.78, 5) is 0. The Kier molecular flexibility index (Phi) is 7.09. The van der Waals surface area contributed by atoms with E-state index in [1.807, 2.05) is 34.6 Å². The molecule has 2 unspecified atom stereocenters. The summed E-state index contributed by atoms with van der Waals surface area (Å²) in [6.07, 6.45) is 2.50. The first-order valence-electron chi connectivity index (χ1n) is 10.1. The minimum atomic E-state index is -2.13. The van der Waals surface area contributed by atoms with Crippen LogP contribution < -0.4 is 0 Å². The zero-order valence-corrected chi connectivity index (χ0v) is 19.9. The summed E-state index contributed by atoms with van der Waals surface area (Å²) in [5.41, 5.74) is -2.02. The van der Waals surface area contributed by atoms with Crippen LogP contribution in [0.15, 0.2) is 11.5 Å². The largest absolute Gasteiger partial charge is 0.489 e. The van der Waals surface area contributed by atoms with Gasteiger partial charge in [-0.05, 0) is 59.2 Å². The normalized spacial score (nSPS) is 27.2. The van der Waals surface area contributed by atoms with Crippen molar-refractivity contribution in [2.75, 3.05) is 0 Å². The fourth-order valence-corrected chi connectivity index (χ4v) is 4.70. The van der Waals surface area contributed by atoms with Crippen molar-refractivity contribution in [1.29, 1.82) is 0 Å². The minimum absolute atomic E-state index is 0.00571. The molecule has 1 N–H and O–H groups in total. The van der Waals surface area contributed by atoms with Gasteiger partial charge in [-0.3, -0.25) is 0 Å². The molecule has 1 aliphatic rings. The second kappa shape index (κ2) is 7.84. The van der Waals surface area contributed by atoms with Crippen LogP contribution >= 0.6 is 0 Å². The lowest BCUT2D eigenvalue weighted by Crippen LogP contribution is -2.69. The fourth-order valence-electron chi connectivity index (χ4n) is 3.11. The van der Waals surface area contributed by atoms with E-state index in [0.29, 0.717) is 17.9 Å². The standard InChI is InChI=1S/C21H42O4Si/c1-12-13-14-21(22)18(24-16(4)5)17(23-15(2)3)20(21,9)25-26(10,11)19(6,7)8/h15-16,22H,12-14H2,1-11H3. The van der Waals surface area contributed by atoms with Crippen molar-refractivity contribution in [2.24, 2.45) is 0 Å². The lowest BCUT2D eigenvalue weighted by atomic mass is 9.67. The molecule has 0 heterocycles. The van der Waals surface area contributed by atoms with E-state index in [9.17, 15) is 5.11 Å². The van der Waals surface area contributed by atoms with Crippen molar-refractivity contribution >= 4 is 8.32 Å². The first-order chi connectivity index (χ1) is 11.6. The topological polar surface area (TPSA) is 47.9 Å². The molecule has 0 fully saturated rings. The summed E-state index contributed by atoms with van der Waals surface area (Å²) in [7, 11) is -2.13. The number of hydrogen-bond donors (Lipinski definition) is 1. The molecule has 154 valence electrons. The lowest BCUT2D eigenvalue weighted by molar-refractivity contribution is -0.194. The number of rotatable bonds is 9. The third-order valence-corrected chi connectivity index (χ3v) is 10.2. The predicted octanol–water partition coefficient (Wildman–Crippen LogP) is 5.76. The molecule has 5 heteroatoms. The Morgan fingerprint density at radius 1 is 1.00 bits per heavy atom. The highest BCUT2D eigenvalue weighted by atomic mass is 28.4. The molecule has 1 rings (SSSR count). The summed E-state index contributed by atoms with van der Waals surface area (Å²) in [5.74, 6) is 1.24. The second-order valence-corrected chi connectivity index (χ2v) is 14.6. The Morgan fingerprint density at radius 3 is 1.85 bits per heavy atom. The maximum Gasteiger partial charge on any atom is 0.193 e. The minimum Gasteiger partial charge on any atom is -0.489 e.